The molecule has 1 aliphatic heterocycles. The molecule has 5 atom stereocenters. The minimum atomic E-state index is -3.21. The normalized spacial score (nSPS) is 21.9. The van der Waals surface area contributed by atoms with Crippen molar-refractivity contribution in [3.8, 4) is 0 Å². The Morgan fingerprint density at radius 2 is 1.52 bits per heavy atom. The summed E-state index contributed by atoms with van der Waals surface area (Å²) in [6.45, 7) is 8.06. The van der Waals surface area contributed by atoms with Crippen molar-refractivity contribution in [3.05, 3.63) is 107 Å². The van der Waals surface area contributed by atoms with Crippen LogP contribution in [0, 0.1) is 0 Å². The molecule has 1 saturated heterocycles. The molecule has 44 heavy (non-hydrogen) atoms. The van der Waals surface area contributed by atoms with Gasteiger partial charge in [0.25, 0.3) is 8.32 Å². The van der Waals surface area contributed by atoms with Crippen molar-refractivity contribution in [2.45, 2.75) is 69.9 Å². The molecule has 0 radical (unpaired) electrons. The van der Waals surface area contributed by atoms with Gasteiger partial charge in [0.05, 0.1) is 12.1 Å². The fourth-order valence-corrected chi connectivity index (χ4v) is 10.2. The van der Waals surface area contributed by atoms with E-state index in [1.165, 1.54) is 0 Å². The number of rotatable bonds is 10. The molecule has 0 unspecified atom stereocenters. The predicted molar refractivity (Wildman–Crippen MR) is 170 cm³/mol. The first-order valence-corrected chi connectivity index (χ1v) is 16.8. The average Bonchev–Trinajstić information content (AvgIpc) is 3.02. The third-order valence-corrected chi connectivity index (χ3v) is 12.8. The van der Waals surface area contributed by atoms with Gasteiger partial charge in [0.15, 0.2) is 6.29 Å². The summed E-state index contributed by atoms with van der Waals surface area (Å²) in [5, 5.41) is 8.29. The lowest BCUT2D eigenvalue weighted by molar-refractivity contribution is -0.208. The second kappa shape index (κ2) is 14.7. The first kappa shape index (κ1) is 33.0. The Morgan fingerprint density at radius 3 is 2.02 bits per heavy atom. The molecule has 0 aromatic heterocycles. The Labute approximate surface area is 263 Å². The second-order valence-electron chi connectivity index (χ2n) is 11.5. The SMILES string of the molecule is C[C@H]1O[C@@H](O[Si](c2ccccc2)(c2ccccc2)C(C)(C)C)[C@H](N=[N+]=[N-])[C@@H](OC(=O)CCl)[C@H]1NC(=O)OCc1ccccc1. The smallest absolute Gasteiger partial charge is 0.407 e. The van der Waals surface area contributed by atoms with Crippen molar-refractivity contribution in [1.29, 1.82) is 0 Å². The van der Waals surface area contributed by atoms with E-state index in [0.717, 1.165) is 15.9 Å². The number of alkyl carbamates (subject to hydrolysis) is 1. The van der Waals surface area contributed by atoms with Crippen LogP contribution in [0.1, 0.15) is 33.3 Å². The van der Waals surface area contributed by atoms with Crippen LogP contribution in [0.3, 0.4) is 0 Å². The molecule has 3 aromatic rings. The molecule has 0 spiro atoms. The Bertz CT molecular complexity index is 1400. The van der Waals surface area contributed by atoms with E-state index >= 15 is 0 Å². The number of amides is 1. The maximum absolute atomic E-state index is 12.9. The third kappa shape index (κ3) is 7.43. The summed E-state index contributed by atoms with van der Waals surface area (Å²) in [4.78, 5) is 28.5. The summed E-state index contributed by atoms with van der Waals surface area (Å²) in [6.07, 6.45) is -3.82. The van der Waals surface area contributed by atoms with Gasteiger partial charge in [-0.05, 0) is 33.4 Å². The molecule has 0 aliphatic carbocycles. The van der Waals surface area contributed by atoms with E-state index in [1.807, 2.05) is 91.0 Å². The average molecular weight is 637 g/mol. The number of azide groups is 1. The van der Waals surface area contributed by atoms with Crippen molar-refractivity contribution in [1.82, 2.24) is 5.32 Å². The summed E-state index contributed by atoms with van der Waals surface area (Å²) in [5.41, 5.74) is 10.5. The minimum Gasteiger partial charge on any atom is -0.459 e. The lowest BCUT2D eigenvalue weighted by atomic mass is 9.95. The van der Waals surface area contributed by atoms with Crippen molar-refractivity contribution < 1.29 is 28.2 Å². The van der Waals surface area contributed by atoms with Crippen LogP contribution < -0.4 is 15.7 Å². The monoisotopic (exact) mass is 636 g/mol. The number of hydrogen-bond acceptors (Lipinski definition) is 7. The Balaban J connectivity index is 1.73. The molecule has 3 aromatic carbocycles. The summed E-state index contributed by atoms with van der Waals surface area (Å²) < 4.78 is 24.7. The maximum Gasteiger partial charge on any atom is 0.407 e. The van der Waals surface area contributed by atoms with E-state index in [2.05, 4.69) is 36.1 Å². The molecular formula is C32H37ClN4O6Si. The number of nitrogens with zero attached hydrogens (tertiary/aromatic N) is 3. The van der Waals surface area contributed by atoms with Crippen molar-refractivity contribution >= 4 is 42.4 Å². The van der Waals surface area contributed by atoms with Crippen molar-refractivity contribution in [2.75, 3.05) is 5.88 Å². The van der Waals surface area contributed by atoms with Gasteiger partial charge in [-0.25, -0.2) is 4.79 Å². The first-order chi connectivity index (χ1) is 21.1. The molecule has 0 bridgehead atoms. The highest BCUT2D eigenvalue weighted by Gasteiger charge is 2.56. The molecule has 1 N–H and O–H groups in total. The lowest BCUT2D eigenvalue weighted by Gasteiger charge is -2.50. The zero-order valence-corrected chi connectivity index (χ0v) is 26.9. The van der Waals surface area contributed by atoms with E-state index in [1.54, 1.807) is 6.92 Å². The van der Waals surface area contributed by atoms with E-state index in [-0.39, 0.29) is 6.61 Å². The number of esters is 1. The second-order valence-corrected chi connectivity index (χ2v) is 16.0. The third-order valence-electron chi connectivity index (χ3n) is 7.59. The summed E-state index contributed by atoms with van der Waals surface area (Å²) in [5.74, 6) is -1.20. The highest BCUT2D eigenvalue weighted by Crippen LogP contribution is 2.40. The zero-order valence-electron chi connectivity index (χ0n) is 25.1. The fourth-order valence-electron chi connectivity index (χ4n) is 5.58. The van der Waals surface area contributed by atoms with Gasteiger partial charge in [-0.3, -0.25) is 4.79 Å². The molecule has 1 fully saturated rings. The van der Waals surface area contributed by atoms with Gasteiger partial charge in [-0.15, -0.1) is 11.6 Å². The summed E-state index contributed by atoms with van der Waals surface area (Å²) >= 11 is 5.82. The van der Waals surface area contributed by atoms with Crippen molar-refractivity contribution in [2.24, 2.45) is 5.11 Å². The minimum absolute atomic E-state index is 0.0279. The van der Waals surface area contributed by atoms with E-state index in [4.69, 9.17) is 30.2 Å². The predicted octanol–water partition coefficient (Wildman–Crippen LogP) is 5.43. The number of ether oxygens (including phenoxy) is 3. The zero-order chi connectivity index (χ0) is 31.7. The van der Waals surface area contributed by atoms with E-state index in [9.17, 15) is 15.1 Å². The number of carbonyl (C=O) groups excluding carboxylic acids is 2. The summed E-state index contributed by atoms with van der Waals surface area (Å²) in [7, 11) is -3.21. The molecule has 4 rings (SSSR count). The first-order valence-electron chi connectivity index (χ1n) is 14.3. The number of benzene rings is 3. The van der Waals surface area contributed by atoms with Crippen molar-refractivity contribution in [3.63, 3.8) is 0 Å². The van der Waals surface area contributed by atoms with Crippen LogP contribution in [-0.4, -0.2) is 56.8 Å². The summed E-state index contributed by atoms with van der Waals surface area (Å²) in [6, 6.07) is 26.9. The number of nitrogens with one attached hydrogen (secondary N) is 1. The van der Waals surface area contributed by atoms with Gasteiger partial charge >= 0.3 is 12.1 Å². The van der Waals surface area contributed by atoms with Crippen LogP contribution in [0.2, 0.25) is 5.04 Å². The lowest BCUT2D eigenvalue weighted by Crippen LogP contribution is -2.71. The van der Waals surface area contributed by atoms with Crippen LogP contribution in [0.4, 0.5) is 4.79 Å². The topological polar surface area (TPSA) is 132 Å². The van der Waals surface area contributed by atoms with E-state index in [0.29, 0.717) is 0 Å². The van der Waals surface area contributed by atoms with Crippen LogP contribution >= 0.6 is 11.6 Å². The number of hydrogen-bond donors (Lipinski definition) is 1. The Kier molecular flexibility index (Phi) is 11.1. The van der Waals surface area contributed by atoms with Crippen LogP contribution in [0.15, 0.2) is 96.1 Å². The largest absolute Gasteiger partial charge is 0.459 e. The standard InChI is InChI=1S/C32H37ClN4O6Si/c1-22-27(35-31(39)40-21-23-14-8-5-9-15-23)29(42-26(38)20-33)28(36-37-34)30(41-22)43-44(32(2,3)4,24-16-10-6-11-17-24)25-18-12-7-13-19-25/h5-19,22,27-30H,20-21H2,1-4H3,(H,35,39)/t22-,27+,28-,29+,30+/m1/s1. The molecule has 10 nitrogen and oxygen atoms in total. The van der Waals surface area contributed by atoms with Gasteiger partial charge in [-0.2, -0.15) is 0 Å². The fraction of sp³-hybridized carbons (Fsp3) is 0.375. The number of halogens is 1. The van der Waals surface area contributed by atoms with Crippen LogP contribution in [-0.2, 0) is 30.0 Å². The molecule has 1 heterocycles. The maximum atomic E-state index is 12.9. The molecule has 232 valence electrons. The number of alkyl halides is 1. The highest BCUT2D eigenvalue weighted by molar-refractivity contribution is 6.99. The van der Waals surface area contributed by atoms with Gasteiger partial charge in [0.1, 0.15) is 24.6 Å². The number of carbonyl (C=O) groups is 2. The molecule has 1 amide bonds. The van der Waals surface area contributed by atoms with Crippen LogP contribution in [0.5, 0.6) is 0 Å². The quantitative estimate of drug-likeness (QED) is 0.0788. The van der Waals surface area contributed by atoms with Gasteiger partial charge in [0, 0.05) is 4.91 Å². The van der Waals surface area contributed by atoms with E-state index < -0.39 is 61.9 Å². The Morgan fingerprint density at radius 1 is 0.977 bits per heavy atom. The molecule has 0 saturated carbocycles. The van der Waals surface area contributed by atoms with Gasteiger partial charge in [-0.1, -0.05) is 117 Å². The highest BCUT2D eigenvalue weighted by atomic mass is 35.5. The Hall–Kier alpha value is -3.86. The molecular weight excluding hydrogens is 600 g/mol. The van der Waals surface area contributed by atoms with Gasteiger partial charge < -0.3 is 24.0 Å². The molecule has 1 aliphatic rings. The van der Waals surface area contributed by atoms with Crippen LogP contribution in [0.25, 0.3) is 10.4 Å². The van der Waals surface area contributed by atoms with Gasteiger partial charge in [0.2, 0.25) is 0 Å². The molecule has 12 heteroatoms.